The van der Waals surface area contributed by atoms with E-state index in [4.69, 9.17) is 0 Å². The summed E-state index contributed by atoms with van der Waals surface area (Å²) in [5, 5.41) is 0. The van der Waals surface area contributed by atoms with E-state index in [1.807, 2.05) is 0 Å². The van der Waals surface area contributed by atoms with Gasteiger partial charge in [-0.1, -0.05) is 12.8 Å². The zero-order chi connectivity index (χ0) is 16.8. The van der Waals surface area contributed by atoms with Gasteiger partial charge in [0, 0.05) is 23.1 Å². The zero-order valence-corrected chi connectivity index (χ0v) is 14.8. The molecule has 1 rings (SSSR count). The molecule has 3 atom stereocenters. The monoisotopic (exact) mass is 381 g/mol. The van der Waals surface area contributed by atoms with Crippen molar-refractivity contribution < 1.29 is 25.8 Å². The summed E-state index contributed by atoms with van der Waals surface area (Å²) in [4.78, 5) is 0. The van der Waals surface area contributed by atoms with Crippen LogP contribution in [-0.2, 0) is 20.8 Å². The second-order valence-corrected chi connectivity index (χ2v) is 10.4. The lowest BCUT2D eigenvalue weighted by Crippen LogP contribution is -2.37. The number of nitrogens with one attached hydrogen (secondary N) is 1. The normalized spacial score (nSPS) is 25.1. The molecule has 1 fully saturated rings. The number of rotatable bonds is 8. The fourth-order valence-electron chi connectivity index (χ4n) is 2.27. The Morgan fingerprint density at radius 1 is 1.32 bits per heavy atom. The van der Waals surface area contributed by atoms with Crippen molar-refractivity contribution in [2.45, 2.75) is 42.9 Å². The molecule has 0 saturated carbocycles. The van der Waals surface area contributed by atoms with E-state index in [9.17, 15) is 25.8 Å². The lowest BCUT2D eigenvalue weighted by atomic mass is 10.0. The SMILES string of the molecule is CS(=O)(=O)NCCCCC[C@H]([C@H]1SCCCS1=O)C(F)(F)F. The van der Waals surface area contributed by atoms with E-state index < -0.39 is 37.5 Å². The van der Waals surface area contributed by atoms with E-state index in [0.29, 0.717) is 37.2 Å². The fraction of sp³-hybridized carbons (Fsp3) is 1.00. The van der Waals surface area contributed by atoms with E-state index in [-0.39, 0.29) is 13.0 Å². The van der Waals surface area contributed by atoms with Gasteiger partial charge in [0.05, 0.1) is 16.8 Å². The van der Waals surface area contributed by atoms with E-state index in [1.165, 1.54) is 11.8 Å². The first-order valence-electron chi connectivity index (χ1n) is 7.11. The van der Waals surface area contributed by atoms with Crippen LogP contribution in [0.1, 0.15) is 32.1 Å². The molecule has 0 bridgehead atoms. The maximum Gasteiger partial charge on any atom is 0.393 e. The van der Waals surface area contributed by atoms with Crippen LogP contribution in [0, 0.1) is 5.92 Å². The number of alkyl halides is 3. The average Bonchev–Trinajstić information content (AvgIpc) is 2.36. The Morgan fingerprint density at radius 3 is 2.55 bits per heavy atom. The second-order valence-electron chi connectivity index (χ2n) is 5.34. The van der Waals surface area contributed by atoms with Gasteiger partial charge in [-0.15, -0.1) is 11.8 Å². The van der Waals surface area contributed by atoms with Crippen LogP contribution in [0.4, 0.5) is 13.2 Å². The molecule has 10 heteroatoms. The number of sulfonamides is 1. The molecule has 1 heterocycles. The fourth-order valence-corrected chi connectivity index (χ4v) is 6.54. The first kappa shape index (κ1) is 20.2. The molecular weight excluding hydrogens is 359 g/mol. The molecule has 0 aromatic rings. The van der Waals surface area contributed by atoms with Crippen molar-refractivity contribution in [3.63, 3.8) is 0 Å². The summed E-state index contributed by atoms with van der Waals surface area (Å²) in [6, 6.07) is 0. The van der Waals surface area contributed by atoms with Gasteiger partial charge >= 0.3 is 6.18 Å². The van der Waals surface area contributed by atoms with Crippen LogP contribution in [0.3, 0.4) is 0 Å². The molecule has 4 nitrogen and oxygen atoms in total. The van der Waals surface area contributed by atoms with E-state index in [1.54, 1.807) is 0 Å². The van der Waals surface area contributed by atoms with Crippen molar-refractivity contribution in [2.75, 3.05) is 24.3 Å². The molecular formula is C12H22F3NO3S3. The largest absolute Gasteiger partial charge is 0.393 e. The molecule has 1 aliphatic heterocycles. The molecule has 1 unspecified atom stereocenters. The summed E-state index contributed by atoms with van der Waals surface area (Å²) in [5.74, 6) is -0.564. The molecule has 1 aliphatic rings. The highest BCUT2D eigenvalue weighted by atomic mass is 32.2. The van der Waals surface area contributed by atoms with E-state index in [2.05, 4.69) is 4.72 Å². The summed E-state index contributed by atoms with van der Waals surface area (Å²) in [6.07, 6.45) is -1.28. The van der Waals surface area contributed by atoms with Gasteiger partial charge in [0.2, 0.25) is 10.0 Å². The quantitative estimate of drug-likeness (QED) is 0.656. The van der Waals surface area contributed by atoms with Crippen molar-refractivity contribution in [3.05, 3.63) is 0 Å². The Hall–Kier alpha value is 0.200. The standard InChI is InChI=1S/C12H22F3NO3S3/c1-22(18,19)16-7-4-2-3-6-10(12(13,14)15)11-20-8-5-9-21(11)17/h10-11,16H,2-9H2,1H3/t10-,11+,21?/m1/s1. The van der Waals surface area contributed by atoms with Crippen LogP contribution >= 0.6 is 11.8 Å². The molecule has 0 aromatic heterocycles. The summed E-state index contributed by atoms with van der Waals surface area (Å²) < 4.78 is 74.5. The summed E-state index contributed by atoms with van der Waals surface area (Å²) >= 11 is 1.17. The Kier molecular flexibility index (Phi) is 8.18. The second kappa shape index (κ2) is 8.89. The van der Waals surface area contributed by atoms with Crippen LogP contribution in [0.15, 0.2) is 0 Å². The highest BCUT2D eigenvalue weighted by molar-refractivity contribution is 8.11. The Balaban J connectivity index is 2.41. The lowest BCUT2D eigenvalue weighted by Gasteiger charge is -2.30. The minimum absolute atomic E-state index is 0.0498. The molecule has 22 heavy (non-hydrogen) atoms. The highest BCUT2D eigenvalue weighted by Gasteiger charge is 2.47. The number of unbranched alkanes of at least 4 members (excludes halogenated alkanes) is 2. The number of thioether (sulfide) groups is 1. The summed E-state index contributed by atoms with van der Waals surface area (Å²) in [6.45, 7) is 0.236. The number of hydrogen-bond donors (Lipinski definition) is 1. The van der Waals surface area contributed by atoms with E-state index >= 15 is 0 Å². The minimum atomic E-state index is -4.34. The van der Waals surface area contributed by atoms with Crippen LogP contribution < -0.4 is 4.72 Å². The molecule has 1 N–H and O–H groups in total. The van der Waals surface area contributed by atoms with Crippen LogP contribution in [0.2, 0.25) is 0 Å². The number of hydrogen-bond acceptors (Lipinski definition) is 4. The molecule has 0 radical (unpaired) electrons. The highest BCUT2D eigenvalue weighted by Crippen LogP contribution is 2.41. The molecule has 0 spiro atoms. The first-order chi connectivity index (χ1) is 10.1. The third kappa shape index (κ3) is 7.65. The molecule has 0 aromatic carbocycles. The molecule has 1 saturated heterocycles. The topological polar surface area (TPSA) is 63.2 Å². The summed E-state index contributed by atoms with van der Waals surface area (Å²) in [7, 11) is -4.67. The predicted molar refractivity (Wildman–Crippen MR) is 84.7 cm³/mol. The van der Waals surface area contributed by atoms with Gasteiger partial charge in [-0.05, 0) is 25.0 Å². The van der Waals surface area contributed by atoms with Gasteiger partial charge < -0.3 is 0 Å². The Bertz CT molecular complexity index is 468. The van der Waals surface area contributed by atoms with Crippen molar-refractivity contribution in [1.29, 1.82) is 0 Å². The Morgan fingerprint density at radius 2 is 2.00 bits per heavy atom. The summed E-state index contributed by atoms with van der Waals surface area (Å²) in [5.41, 5.74) is 0. The minimum Gasteiger partial charge on any atom is -0.258 e. The lowest BCUT2D eigenvalue weighted by molar-refractivity contribution is -0.172. The van der Waals surface area contributed by atoms with Gasteiger partial charge in [-0.3, -0.25) is 4.21 Å². The van der Waals surface area contributed by atoms with Gasteiger partial charge in [0.15, 0.2) is 0 Å². The van der Waals surface area contributed by atoms with Gasteiger partial charge in [0.25, 0.3) is 0 Å². The molecule has 0 aliphatic carbocycles. The van der Waals surface area contributed by atoms with Crippen LogP contribution in [0.25, 0.3) is 0 Å². The average molecular weight is 382 g/mol. The van der Waals surface area contributed by atoms with Crippen LogP contribution in [0.5, 0.6) is 0 Å². The van der Waals surface area contributed by atoms with E-state index in [0.717, 1.165) is 6.26 Å². The van der Waals surface area contributed by atoms with Crippen molar-refractivity contribution >= 4 is 32.6 Å². The first-order valence-corrected chi connectivity index (χ1v) is 11.4. The predicted octanol–water partition coefficient (Wildman–Crippen LogP) is 2.49. The molecule has 132 valence electrons. The van der Waals surface area contributed by atoms with Crippen molar-refractivity contribution in [2.24, 2.45) is 5.92 Å². The Labute approximate surface area is 136 Å². The van der Waals surface area contributed by atoms with Crippen molar-refractivity contribution in [1.82, 2.24) is 4.72 Å². The van der Waals surface area contributed by atoms with Crippen LogP contribution in [-0.4, -0.2) is 47.7 Å². The van der Waals surface area contributed by atoms with Crippen molar-refractivity contribution in [3.8, 4) is 0 Å². The number of halogens is 3. The molecule has 0 amide bonds. The third-order valence-electron chi connectivity index (χ3n) is 3.34. The van der Waals surface area contributed by atoms with Gasteiger partial charge in [-0.2, -0.15) is 13.2 Å². The van der Waals surface area contributed by atoms with Gasteiger partial charge in [0.1, 0.15) is 0 Å². The maximum absolute atomic E-state index is 13.2. The third-order valence-corrected chi connectivity index (χ3v) is 7.84. The van der Waals surface area contributed by atoms with Gasteiger partial charge in [-0.25, -0.2) is 13.1 Å². The zero-order valence-electron chi connectivity index (χ0n) is 12.4. The maximum atomic E-state index is 13.2. The smallest absolute Gasteiger partial charge is 0.258 e.